The van der Waals surface area contributed by atoms with Crippen LogP contribution in [0.15, 0.2) is 84.9 Å². The van der Waals surface area contributed by atoms with E-state index in [2.05, 4.69) is 80.1 Å². The number of aryl methyl sites for hydroxylation is 4. The van der Waals surface area contributed by atoms with E-state index in [-0.39, 0.29) is 49.5 Å². The third kappa shape index (κ3) is 13.0. The highest BCUT2D eigenvalue weighted by atomic mass is 16.5. The van der Waals surface area contributed by atoms with E-state index >= 15 is 0 Å². The molecule has 8 N–H and O–H groups in total. The van der Waals surface area contributed by atoms with Gasteiger partial charge in [-0.15, -0.1) is 0 Å². The highest BCUT2D eigenvalue weighted by Crippen LogP contribution is 2.40. The summed E-state index contributed by atoms with van der Waals surface area (Å²) < 4.78 is 13.2. The number of allylic oxidation sites excluding steroid dienone is 4. The number of nitrogens with two attached hydrogens (primary N) is 2. The predicted octanol–water partition coefficient (Wildman–Crippen LogP) is 10.5. The SMILES string of the molecule is CC1=C(CCC(=O)C(N)CC(=O)O)c2cc3nc(cc4[nH]c(cc5[nH]c(cc1n2)c(C)c5C(C)OCCCc1ccccc1)c(C)c4C(C)OCCCc1ccccc1)C(C)=C3CCC(=O)C(N)CC(=O)O. The Labute approximate surface area is 421 Å². The van der Waals surface area contributed by atoms with Gasteiger partial charge in [-0.25, -0.2) is 9.97 Å². The number of aromatic nitrogens is 4. The van der Waals surface area contributed by atoms with E-state index < -0.39 is 36.9 Å². The van der Waals surface area contributed by atoms with Crippen molar-refractivity contribution in [3.05, 3.63) is 141 Å². The number of nitrogens with one attached hydrogen (secondary N) is 2. The number of hydrogen-bond acceptors (Lipinski definition) is 10. The zero-order chi connectivity index (χ0) is 51.6. The van der Waals surface area contributed by atoms with Gasteiger partial charge in [0.1, 0.15) is 11.6 Å². The van der Waals surface area contributed by atoms with Crippen molar-refractivity contribution in [2.75, 3.05) is 13.2 Å². The Morgan fingerprint density at radius 1 is 0.542 bits per heavy atom. The number of benzene rings is 2. The van der Waals surface area contributed by atoms with Crippen LogP contribution in [0.25, 0.3) is 44.4 Å². The summed E-state index contributed by atoms with van der Waals surface area (Å²) in [5.41, 5.74) is 27.6. The molecule has 3 aromatic heterocycles. The largest absolute Gasteiger partial charge is 0.481 e. The number of hydrogen-bond donors (Lipinski definition) is 6. The maximum Gasteiger partial charge on any atom is 0.305 e. The van der Waals surface area contributed by atoms with Gasteiger partial charge in [0.05, 0.1) is 59.9 Å². The fraction of sp³-hybridized carbons (Fsp3) is 0.379. The molecule has 72 heavy (non-hydrogen) atoms. The summed E-state index contributed by atoms with van der Waals surface area (Å²) in [4.78, 5) is 67.4. The van der Waals surface area contributed by atoms with E-state index in [0.717, 1.165) is 92.3 Å². The Balaban J connectivity index is 1.39. The Morgan fingerprint density at radius 3 is 1.35 bits per heavy atom. The van der Waals surface area contributed by atoms with Gasteiger partial charge in [0.2, 0.25) is 0 Å². The van der Waals surface area contributed by atoms with Crippen molar-refractivity contribution in [2.24, 2.45) is 11.5 Å². The fourth-order valence-corrected chi connectivity index (χ4v) is 9.82. The molecular formula is C58H68N6O8. The second-order valence-electron chi connectivity index (χ2n) is 19.1. The zero-order valence-electron chi connectivity index (χ0n) is 42.3. The van der Waals surface area contributed by atoms with Gasteiger partial charge in [-0.1, -0.05) is 60.7 Å². The van der Waals surface area contributed by atoms with E-state index in [1.54, 1.807) is 0 Å². The number of carbonyl (C=O) groups excluding carboxylic acids is 2. The second-order valence-corrected chi connectivity index (χ2v) is 19.1. The van der Waals surface area contributed by atoms with Gasteiger partial charge in [-0.05, 0) is 149 Å². The molecule has 5 aromatic rings. The van der Waals surface area contributed by atoms with Gasteiger partial charge in [0.15, 0.2) is 0 Å². The average molecular weight is 977 g/mol. The number of ether oxygens (including phenoxy) is 2. The van der Waals surface area contributed by atoms with Gasteiger partial charge in [-0.3, -0.25) is 19.2 Å². The Kier molecular flexibility index (Phi) is 17.7. The summed E-state index contributed by atoms with van der Waals surface area (Å²) in [6, 6.07) is 26.4. The van der Waals surface area contributed by atoms with Crippen molar-refractivity contribution < 1.29 is 38.9 Å². The van der Waals surface area contributed by atoms with Gasteiger partial charge in [-0.2, -0.15) is 0 Å². The molecular weight excluding hydrogens is 909 g/mol. The number of rotatable bonds is 24. The quantitative estimate of drug-likeness (QED) is 0.0317. The lowest BCUT2D eigenvalue weighted by Gasteiger charge is -2.14. The van der Waals surface area contributed by atoms with Gasteiger partial charge in [0, 0.05) is 59.2 Å². The molecule has 0 aliphatic carbocycles. The molecule has 14 nitrogen and oxygen atoms in total. The highest BCUT2D eigenvalue weighted by molar-refractivity contribution is 5.98. The maximum absolute atomic E-state index is 13.3. The molecule has 7 rings (SSSR count). The minimum absolute atomic E-state index is 0.00985. The minimum atomic E-state index is -1.16. The van der Waals surface area contributed by atoms with Crippen LogP contribution in [-0.2, 0) is 41.5 Å². The first-order valence-corrected chi connectivity index (χ1v) is 25.0. The van der Waals surface area contributed by atoms with Crippen LogP contribution in [0.1, 0.15) is 147 Å². The van der Waals surface area contributed by atoms with Crippen LogP contribution in [0.2, 0.25) is 0 Å². The molecule has 8 bridgehead atoms. The molecule has 4 unspecified atom stereocenters. The summed E-state index contributed by atoms with van der Waals surface area (Å²) in [6.07, 6.45) is 2.37. The van der Waals surface area contributed by atoms with Crippen molar-refractivity contribution in [3.63, 3.8) is 0 Å². The van der Waals surface area contributed by atoms with Crippen LogP contribution in [0.4, 0.5) is 0 Å². The average Bonchev–Trinajstić information content (AvgIpc) is 4.02. The van der Waals surface area contributed by atoms with Gasteiger partial charge in [0.25, 0.3) is 0 Å². The van der Waals surface area contributed by atoms with E-state index in [0.29, 0.717) is 36.0 Å². The Hall–Kier alpha value is -6.84. The lowest BCUT2D eigenvalue weighted by Crippen LogP contribution is -2.32. The molecule has 2 aliphatic rings. The normalized spacial score (nSPS) is 14.3. The third-order valence-corrected chi connectivity index (χ3v) is 13.9. The van der Waals surface area contributed by atoms with Crippen LogP contribution in [0, 0.1) is 13.8 Å². The molecule has 0 radical (unpaired) electrons. The first kappa shape index (κ1) is 53.0. The van der Waals surface area contributed by atoms with Crippen molar-refractivity contribution in [2.45, 2.75) is 130 Å². The molecule has 2 aromatic carbocycles. The van der Waals surface area contributed by atoms with Crippen LogP contribution in [-0.4, -0.2) is 79.0 Å². The van der Waals surface area contributed by atoms with E-state index in [4.69, 9.17) is 30.9 Å². The molecule has 0 fully saturated rings. The molecule has 0 saturated heterocycles. The van der Waals surface area contributed by atoms with Crippen molar-refractivity contribution in [1.82, 2.24) is 19.9 Å². The number of aromatic amines is 2. The summed E-state index contributed by atoms with van der Waals surface area (Å²) in [5, 5.41) is 18.7. The first-order valence-electron chi connectivity index (χ1n) is 25.0. The summed E-state index contributed by atoms with van der Waals surface area (Å²) in [5.74, 6) is -3.06. The van der Waals surface area contributed by atoms with Crippen molar-refractivity contribution >= 4 is 67.9 Å². The molecule has 0 amide bonds. The molecule has 378 valence electrons. The highest BCUT2D eigenvalue weighted by Gasteiger charge is 2.27. The maximum atomic E-state index is 13.3. The number of carbonyl (C=O) groups is 4. The van der Waals surface area contributed by atoms with Crippen LogP contribution < -0.4 is 11.5 Å². The second kappa shape index (κ2) is 24.1. The summed E-state index contributed by atoms with van der Waals surface area (Å²) in [7, 11) is 0. The fourth-order valence-electron chi connectivity index (χ4n) is 9.82. The lowest BCUT2D eigenvalue weighted by atomic mass is 9.95. The number of fused-ring (bicyclic) bond motifs is 8. The number of Topliss-reactive ketones (excluding diaryl/α,β-unsaturated/α-hetero) is 2. The van der Waals surface area contributed by atoms with Crippen LogP contribution >= 0.6 is 0 Å². The van der Waals surface area contributed by atoms with Gasteiger partial charge < -0.3 is 41.1 Å². The Bertz CT molecular complexity index is 3040. The van der Waals surface area contributed by atoms with Crippen LogP contribution in [0.3, 0.4) is 0 Å². The van der Waals surface area contributed by atoms with Crippen molar-refractivity contribution in [1.29, 1.82) is 0 Å². The smallest absolute Gasteiger partial charge is 0.305 e. The van der Waals surface area contributed by atoms with E-state index in [1.807, 2.05) is 56.3 Å². The predicted molar refractivity (Wildman–Crippen MR) is 283 cm³/mol. The molecule has 5 heterocycles. The molecule has 0 saturated carbocycles. The molecule has 14 heteroatoms. The van der Waals surface area contributed by atoms with E-state index in [1.165, 1.54) is 11.1 Å². The van der Waals surface area contributed by atoms with Crippen molar-refractivity contribution in [3.8, 4) is 0 Å². The number of nitrogens with zero attached hydrogens (tertiary/aromatic N) is 2. The Morgan fingerprint density at radius 2 is 0.931 bits per heavy atom. The summed E-state index contributed by atoms with van der Waals surface area (Å²) >= 11 is 0. The first-order chi connectivity index (χ1) is 34.5. The number of carboxylic acid groups (broad SMARTS) is 2. The third-order valence-electron chi connectivity index (χ3n) is 13.9. The topological polar surface area (TPSA) is 237 Å². The number of aliphatic carboxylic acids is 2. The van der Waals surface area contributed by atoms with E-state index in [9.17, 15) is 29.4 Å². The summed E-state index contributed by atoms with van der Waals surface area (Å²) in [6.45, 7) is 13.3. The van der Waals surface area contributed by atoms with Gasteiger partial charge >= 0.3 is 11.9 Å². The van der Waals surface area contributed by atoms with Crippen LogP contribution in [0.5, 0.6) is 0 Å². The monoisotopic (exact) mass is 977 g/mol. The number of H-pyrrole nitrogens is 2. The minimum Gasteiger partial charge on any atom is -0.481 e. The standard InChI is InChI=1S/C58H68N6O8/c1-33-41(21-23-53(65)43(59)27-55(67)68)49-32-50-42(22-24-54(66)44(60)28-56(69)70)34(2)46(62-50)30-51-58(38(6)72-26-14-20-40-17-11-8-12-18-40)36(4)48(64-51)31-52-57(35(3)47(63-52)29-45(33)61-49)37(5)71-25-13-19-39-15-9-7-10-16-39/h7-12,15-18,29-32,37-38,43-44,63-64H,13-14,19-28,59-60H2,1-6H3,(H,67,68)(H,69,70). The zero-order valence-corrected chi connectivity index (χ0v) is 42.3. The number of ketones is 2. The molecule has 4 atom stereocenters. The lowest BCUT2D eigenvalue weighted by molar-refractivity contribution is -0.139. The molecule has 0 spiro atoms. The number of carboxylic acids is 2. The molecule has 2 aliphatic heterocycles.